The number of non-ortho nitro benzene ring substituents is 1. The number of nitrogens with zero attached hydrogens (tertiary/aromatic N) is 2. The molecule has 0 aliphatic carbocycles. The maximum atomic E-state index is 12.3. The highest BCUT2D eigenvalue weighted by molar-refractivity contribution is 14.1. The molecule has 2 aromatic rings. The first-order chi connectivity index (χ1) is 10.8. The smallest absolute Gasteiger partial charge is 0.289 e. The van der Waals surface area contributed by atoms with Crippen LogP contribution in [-0.2, 0) is 0 Å². The van der Waals surface area contributed by atoms with Crippen LogP contribution in [0.15, 0.2) is 36.4 Å². The number of hydrogen-bond donors (Lipinski definition) is 1. The van der Waals surface area contributed by atoms with Crippen LogP contribution in [0.3, 0.4) is 0 Å². The Morgan fingerprint density at radius 2 is 1.78 bits per heavy atom. The molecule has 0 spiro atoms. The normalized spacial score (nSPS) is 10.2. The molecule has 9 heteroatoms. The number of amides is 1. The van der Waals surface area contributed by atoms with Gasteiger partial charge in [-0.05, 0) is 59.3 Å². The summed E-state index contributed by atoms with van der Waals surface area (Å²) in [7, 11) is 0. The van der Waals surface area contributed by atoms with E-state index in [1.165, 1.54) is 0 Å². The Kier molecular flexibility index (Phi) is 4.89. The van der Waals surface area contributed by atoms with E-state index in [4.69, 9.17) is 0 Å². The molecule has 8 nitrogen and oxygen atoms in total. The quantitative estimate of drug-likeness (QED) is 0.454. The maximum absolute atomic E-state index is 12.3. The molecule has 0 aliphatic heterocycles. The lowest BCUT2D eigenvalue weighted by atomic mass is 10.1. The Balaban J connectivity index is 2.38. The summed E-state index contributed by atoms with van der Waals surface area (Å²) in [5.74, 6) is -0.698. The molecular weight excluding hydrogens is 417 g/mol. The van der Waals surface area contributed by atoms with Crippen molar-refractivity contribution in [3.63, 3.8) is 0 Å². The third-order valence-electron chi connectivity index (χ3n) is 3.07. The van der Waals surface area contributed by atoms with Gasteiger partial charge in [0.05, 0.1) is 15.9 Å². The number of hydrogen-bond acceptors (Lipinski definition) is 5. The van der Waals surface area contributed by atoms with Gasteiger partial charge >= 0.3 is 0 Å². The van der Waals surface area contributed by atoms with Crippen molar-refractivity contribution in [2.45, 2.75) is 6.92 Å². The van der Waals surface area contributed by atoms with Crippen LogP contribution in [0.2, 0.25) is 0 Å². The molecule has 0 aromatic heterocycles. The van der Waals surface area contributed by atoms with Crippen LogP contribution in [0, 0.1) is 30.7 Å². The minimum Gasteiger partial charge on any atom is -0.322 e. The Labute approximate surface area is 143 Å². The fraction of sp³-hybridized carbons (Fsp3) is 0.0714. The zero-order valence-electron chi connectivity index (χ0n) is 11.8. The summed E-state index contributed by atoms with van der Waals surface area (Å²) in [6.45, 7) is 1.79. The lowest BCUT2D eigenvalue weighted by Crippen LogP contribution is -2.15. The summed E-state index contributed by atoms with van der Waals surface area (Å²) < 4.78 is 0.986. The van der Waals surface area contributed by atoms with E-state index in [1.807, 2.05) is 6.07 Å². The minimum absolute atomic E-state index is 0.237. The van der Waals surface area contributed by atoms with Gasteiger partial charge in [-0.15, -0.1) is 0 Å². The van der Waals surface area contributed by atoms with Gasteiger partial charge in [-0.3, -0.25) is 25.0 Å². The number of rotatable bonds is 4. The first-order valence-electron chi connectivity index (χ1n) is 6.30. The molecule has 2 aromatic carbocycles. The lowest BCUT2D eigenvalue weighted by Gasteiger charge is -2.09. The summed E-state index contributed by atoms with van der Waals surface area (Å²) in [4.78, 5) is 32.5. The molecule has 1 N–H and O–H groups in total. The van der Waals surface area contributed by atoms with E-state index >= 15 is 0 Å². The van der Waals surface area contributed by atoms with Crippen LogP contribution in [-0.4, -0.2) is 15.8 Å². The summed E-state index contributed by atoms with van der Waals surface area (Å²) >= 11 is 2.13. The van der Waals surface area contributed by atoms with Gasteiger partial charge in [-0.1, -0.05) is 0 Å². The van der Waals surface area contributed by atoms with E-state index in [9.17, 15) is 25.0 Å². The molecule has 118 valence electrons. The molecule has 0 heterocycles. The molecule has 0 atom stereocenters. The largest absolute Gasteiger partial charge is 0.322 e. The first kappa shape index (κ1) is 16.8. The van der Waals surface area contributed by atoms with Gasteiger partial charge in [-0.2, -0.15) is 0 Å². The number of aryl methyl sites for hydroxylation is 1. The molecule has 23 heavy (non-hydrogen) atoms. The summed E-state index contributed by atoms with van der Waals surface area (Å²) in [6, 6.07) is 8.23. The Bertz CT molecular complexity index is 822. The molecule has 2 rings (SSSR count). The van der Waals surface area contributed by atoms with Gasteiger partial charge in [0.1, 0.15) is 5.56 Å². The maximum Gasteiger partial charge on any atom is 0.289 e. The van der Waals surface area contributed by atoms with Gasteiger partial charge in [0.25, 0.3) is 17.3 Å². The van der Waals surface area contributed by atoms with Gasteiger partial charge in [0.2, 0.25) is 0 Å². The van der Waals surface area contributed by atoms with Crippen molar-refractivity contribution in [1.29, 1.82) is 0 Å². The van der Waals surface area contributed by atoms with E-state index in [1.54, 1.807) is 19.1 Å². The fourth-order valence-electron chi connectivity index (χ4n) is 1.93. The van der Waals surface area contributed by atoms with Gasteiger partial charge in [-0.25, -0.2) is 0 Å². The Hall–Kier alpha value is -2.56. The molecule has 1 amide bonds. The van der Waals surface area contributed by atoms with E-state index in [0.29, 0.717) is 5.69 Å². The summed E-state index contributed by atoms with van der Waals surface area (Å²) in [6.07, 6.45) is 0. The SMILES string of the molecule is Cc1cc(I)ccc1NC(=O)c1ccc([N+](=O)[O-])cc1[N+](=O)[O-]. The van der Waals surface area contributed by atoms with Crippen molar-refractivity contribution in [3.8, 4) is 0 Å². The second-order valence-corrected chi connectivity index (χ2v) is 5.87. The van der Waals surface area contributed by atoms with Crippen molar-refractivity contribution in [3.05, 3.63) is 71.3 Å². The number of anilines is 1. The summed E-state index contributed by atoms with van der Waals surface area (Å²) in [5.41, 5.74) is 0.0231. The lowest BCUT2D eigenvalue weighted by molar-refractivity contribution is -0.394. The average Bonchev–Trinajstić information content (AvgIpc) is 2.49. The molecule has 0 fully saturated rings. The Morgan fingerprint density at radius 1 is 1.09 bits per heavy atom. The van der Waals surface area contributed by atoms with Crippen LogP contribution in [0.5, 0.6) is 0 Å². The van der Waals surface area contributed by atoms with E-state index in [0.717, 1.165) is 27.3 Å². The number of halogens is 1. The average molecular weight is 427 g/mol. The van der Waals surface area contributed by atoms with Gasteiger partial charge < -0.3 is 5.32 Å². The third-order valence-corrected chi connectivity index (χ3v) is 3.74. The number of nitro benzene ring substituents is 2. The van der Waals surface area contributed by atoms with Crippen molar-refractivity contribution in [2.24, 2.45) is 0 Å². The van der Waals surface area contributed by atoms with Crippen molar-refractivity contribution >= 4 is 45.6 Å². The van der Waals surface area contributed by atoms with Crippen molar-refractivity contribution < 1.29 is 14.6 Å². The number of nitrogens with one attached hydrogen (secondary N) is 1. The van der Waals surface area contributed by atoms with Crippen LogP contribution in [0.4, 0.5) is 17.1 Å². The predicted octanol–water partition coefficient (Wildman–Crippen LogP) is 3.67. The molecule has 0 bridgehead atoms. The Morgan fingerprint density at radius 3 is 2.35 bits per heavy atom. The monoisotopic (exact) mass is 427 g/mol. The van der Waals surface area contributed by atoms with Crippen molar-refractivity contribution in [2.75, 3.05) is 5.32 Å². The predicted molar refractivity (Wildman–Crippen MR) is 91.6 cm³/mol. The number of carbonyl (C=O) groups is 1. The highest BCUT2D eigenvalue weighted by atomic mass is 127. The summed E-state index contributed by atoms with van der Waals surface area (Å²) in [5, 5.41) is 24.4. The molecule has 0 saturated heterocycles. The second kappa shape index (κ2) is 6.69. The first-order valence-corrected chi connectivity index (χ1v) is 7.38. The van der Waals surface area contributed by atoms with Gasteiger partial charge in [0.15, 0.2) is 0 Å². The number of carbonyl (C=O) groups excluding carboxylic acids is 1. The zero-order valence-corrected chi connectivity index (χ0v) is 13.9. The molecule has 0 radical (unpaired) electrons. The molecular formula is C14H10IN3O5. The topological polar surface area (TPSA) is 115 Å². The van der Waals surface area contributed by atoms with Crippen LogP contribution in [0.25, 0.3) is 0 Å². The second-order valence-electron chi connectivity index (χ2n) is 4.63. The minimum atomic E-state index is -0.817. The van der Waals surface area contributed by atoms with E-state index < -0.39 is 27.1 Å². The fourth-order valence-corrected chi connectivity index (χ4v) is 2.58. The van der Waals surface area contributed by atoms with E-state index in [-0.39, 0.29) is 5.56 Å². The number of nitro groups is 2. The van der Waals surface area contributed by atoms with Crippen LogP contribution < -0.4 is 5.32 Å². The highest BCUT2D eigenvalue weighted by Crippen LogP contribution is 2.26. The van der Waals surface area contributed by atoms with Crippen LogP contribution in [0.1, 0.15) is 15.9 Å². The van der Waals surface area contributed by atoms with Crippen LogP contribution >= 0.6 is 22.6 Å². The third kappa shape index (κ3) is 3.80. The molecule has 0 unspecified atom stereocenters. The highest BCUT2D eigenvalue weighted by Gasteiger charge is 2.24. The van der Waals surface area contributed by atoms with Crippen molar-refractivity contribution in [1.82, 2.24) is 0 Å². The number of benzene rings is 2. The standard InChI is InChI=1S/C14H10IN3O5/c1-8-6-9(15)2-5-12(8)16-14(19)11-4-3-10(17(20)21)7-13(11)18(22)23/h2-7H,1H3,(H,16,19). The molecule has 0 aliphatic rings. The zero-order chi connectivity index (χ0) is 17.1. The van der Waals surface area contributed by atoms with E-state index in [2.05, 4.69) is 27.9 Å². The molecule has 0 saturated carbocycles. The van der Waals surface area contributed by atoms with Gasteiger partial charge in [0, 0.05) is 15.3 Å².